The third-order valence-corrected chi connectivity index (χ3v) is 9.98. The van der Waals surface area contributed by atoms with E-state index in [1.54, 1.807) is 0 Å². The first kappa shape index (κ1) is 19.8. The first-order chi connectivity index (χ1) is 13.5. The highest BCUT2D eigenvalue weighted by molar-refractivity contribution is 6.69. The molecule has 4 unspecified atom stereocenters. The van der Waals surface area contributed by atoms with Crippen molar-refractivity contribution in [3.05, 3.63) is 12.2 Å². The Morgan fingerprint density at radius 2 is 1.93 bits per heavy atom. The average molecular weight is 419 g/mol. The molecule has 0 radical (unpaired) electrons. The van der Waals surface area contributed by atoms with Gasteiger partial charge < -0.3 is 13.9 Å². The predicted octanol–water partition coefficient (Wildman–Crippen LogP) is 4.08. The highest BCUT2D eigenvalue weighted by atomic mass is 28.4. The van der Waals surface area contributed by atoms with Crippen molar-refractivity contribution in [2.24, 2.45) is 34.5 Å². The fourth-order valence-corrected chi connectivity index (χ4v) is 9.61. The smallest absolute Gasteiger partial charge is 0.312 e. The van der Waals surface area contributed by atoms with Crippen molar-refractivity contribution in [1.29, 1.82) is 0 Å². The monoisotopic (exact) mass is 418 g/mol. The van der Waals surface area contributed by atoms with Gasteiger partial charge in [-0.3, -0.25) is 9.59 Å². The zero-order valence-corrected chi connectivity index (χ0v) is 19.4. The van der Waals surface area contributed by atoms with E-state index >= 15 is 0 Å². The molecule has 1 spiro atoms. The first-order valence-corrected chi connectivity index (χ1v) is 14.5. The van der Waals surface area contributed by atoms with E-state index in [1.807, 2.05) is 6.92 Å². The summed E-state index contributed by atoms with van der Waals surface area (Å²) in [5.41, 5.74) is -0.178. The van der Waals surface area contributed by atoms with Crippen molar-refractivity contribution in [1.82, 2.24) is 0 Å². The predicted molar refractivity (Wildman–Crippen MR) is 110 cm³/mol. The minimum Gasteiger partial charge on any atom is -0.469 e. The molecule has 6 heteroatoms. The summed E-state index contributed by atoms with van der Waals surface area (Å²) >= 11 is 0. The van der Waals surface area contributed by atoms with Crippen LogP contribution in [0, 0.1) is 34.5 Å². The van der Waals surface area contributed by atoms with E-state index in [9.17, 15) is 9.59 Å². The van der Waals surface area contributed by atoms with E-state index in [4.69, 9.17) is 13.9 Å². The van der Waals surface area contributed by atoms with Gasteiger partial charge in [-0.25, -0.2) is 0 Å². The molecular weight excluding hydrogens is 384 g/mol. The molecule has 4 saturated carbocycles. The summed E-state index contributed by atoms with van der Waals surface area (Å²) in [4.78, 5) is 26.5. The van der Waals surface area contributed by atoms with Crippen LogP contribution in [0.25, 0.3) is 0 Å². The zero-order valence-electron chi connectivity index (χ0n) is 18.4. The molecule has 0 aromatic rings. The van der Waals surface area contributed by atoms with E-state index in [-0.39, 0.29) is 41.2 Å². The summed E-state index contributed by atoms with van der Waals surface area (Å²) in [5.74, 6) is -0.0162. The molecule has 5 aliphatic rings. The van der Waals surface area contributed by atoms with E-state index in [0.29, 0.717) is 12.3 Å². The number of hydrogen-bond donors (Lipinski definition) is 0. The maximum absolute atomic E-state index is 13.3. The van der Waals surface area contributed by atoms with Gasteiger partial charge in [-0.05, 0) is 70.0 Å². The van der Waals surface area contributed by atoms with Gasteiger partial charge >= 0.3 is 11.9 Å². The summed E-state index contributed by atoms with van der Waals surface area (Å²) in [6.07, 6.45) is 5.32. The lowest BCUT2D eigenvalue weighted by Gasteiger charge is -2.46. The molecule has 1 heterocycles. The number of carbonyl (C=O) groups excluding carboxylic acids is 2. The first-order valence-electron chi connectivity index (χ1n) is 11.1. The van der Waals surface area contributed by atoms with Gasteiger partial charge in [0.1, 0.15) is 5.60 Å². The van der Waals surface area contributed by atoms with Gasteiger partial charge in [-0.15, -0.1) is 0 Å². The summed E-state index contributed by atoms with van der Waals surface area (Å²) in [6, 6.07) is 0. The second-order valence-electron chi connectivity index (χ2n) is 11.6. The molecule has 0 aromatic carbocycles. The van der Waals surface area contributed by atoms with E-state index in [0.717, 1.165) is 32.1 Å². The topological polar surface area (TPSA) is 61.8 Å². The van der Waals surface area contributed by atoms with Gasteiger partial charge in [0.15, 0.2) is 8.32 Å². The van der Waals surface area contributed by atoms with Crippen LogP contribution < -0.4 is 0 Å². The van der Waals surface area contributed by atoms with Crippen molar-refractivity contribution < 1.29 is 23.5 Å². The third-order valence-electron chi connectivity index (χ3n) is 8.94. The molecule has 5 rings (SSSR count). The van der Waals surface area contributed by atoms with Crippen LogP contribution in [-0.4, -0.2) is 39.1 Å². The Kier molecular flexibility index (Phi) is 3.93. The second kappa shape index (κ2) is 5.76. The maximum atomic E-state index is 13.3. The number of fused-ring (bicyclic) bond motifs is 1. The van der Waals surface area contributed by atoms with Crippen LogP contribution in [0.1, 0.15) is 45.4 Å². The molecule has 4 aliphatic carbocycles. The van der Waals surface area contributed by atoms with Crippen molar-refractivity contribution in [2.75, 3.05) is 7.11 Å². The van der Waals surface area contributed by atoms with Crippen LogP contribution in [0.2, 0.25) is 19.6 Å². The highest BCUT2D eigenvalue weighted by Crippen LogP contribution is 2.78. The Labute approximate surface area is 174 Å². The molecule has 1 aliphatic heterocycles. The lowest BCUT2D eigenvalue weighted by Crippen LogP contribution is -2.53. The number of allylic oxidation sites excluding steroid dienone is 1. The van der Waals surface area contributed by atoms with Crippen LogP contribution >= 0.6 is 0 Å². The lowest BCUT2D eigenvalue weighted by atomic mass is 9.59. The molecule has 5 fully saturated rings. The van der Waals surface area contributed by atoms with Gasteiger partial charge in [0, 0.05) is 24.4 Å². The average Bonchev–Trinajstić information content (AvgIpc) is 3.05. The molecule has 0 N–H and O–H groups in total. The Bertz CT molecular complexity index is 802. The van der Waals surface area contributed by atoms with Crippen LogP contribution in [0.4, 0.5) is 0 Å². The highest BCUT2D eigenvalue weighted by Gasteiger charge is 2.82. The van der Waals surface area contributed by atoms with Crippen LogP contribution in [0.5, 0.6) is 0 Å². The Balaban J connectivity index is 1.66. The summed E-state index contributed by atoms with van der Waals surface area (Å²) in [7, 11) is -0.288. The van der Waals surface area contributed by atoms with Gasteiger partial charge in [-0.2, -0.15) is 0 Å². The number of carbonyl (C=O) groups is 2. The number of hydrogen-bond acceptors (Lipinski definition) is 5. The number of esters is 2. The number of rotatable bonds is 3. The summed E-state index contributed by atoms with van der Waals surface area (Å²) in [6.45, 7) is 13.0. The summed E-state index contributed by atoms with van der Waals surface area (Å²) < 4.78 is 18.3. The zero-order chi connectivity index (χ0) is 21.0. The van der Waals surface area contributed by atoms with Crippen LogP contribution in [0.3, 0.4) is 0 Å². The molecule has 160 valence electrons. The Morgan fingerprint density at radius 1 is 1.21 bits per heavy atom. The Hall–Kier alpha value is -1.14. The van der Waals surface area contributed by atoms with E-state index in [2.05, 4.69) is 26.2 Å². The number of methoxy groups -OCH3 is 1. The minimum atomic E-state index is -1.77. The van der Waals surface area contributed by atoms with Gasteiger partial charge in [-0.1, -0.05) is 12.2 Å². The molecule has 1 saturated heterocycles. The largest absolute Gasteiger partial charge is 0.469 e. The third kappa shape index (κ3) is 2.36. The summed E-state index contributed by atoms with van der Waals surface area (Å²) in [5, 5.41) is 0. The second-order valence-corrected chi connectivity index (χ2v) is 16.1. The molecule has 29 heavy (non-hydrogen) atoms. The van der Waals surface area contributed by atoms with Gasteiger partial charge in [0.25, 0.3) is 0 Å². The van der Waals surface area contributed by atoms with Crippen LogP contribution in [0.15, 0.2) is 12.2 Å². The van der Waals surface area contributed by atoms with Crippen molar-refractivity contribution >= 4 is 20.3 Å². The molecule has 4 bridgehead atoms. The molecule has 0 aromatic heterocycles. The van der Waals surface area contributed by atoms with Gasteiger partial charge in [0.05, 0.1) is 18.4 Å². The van der Waals surface area contributed by atoms with Crippen molar-refractivity contribution in [3.63, 3.8) is 0 Å². The van der Waals surface area contributed by atoms with Crippen molar-refractivity contribution in [3.8, 4) is 0 Å². The van der Waals surface area contributed by atoms with Crippen LogP contribution in [-0.2, 0) is 23.5 Å². The maximum Gasteiger partial charge on any atom is 0.312 e. The number of ether oxygens (including phenoxy) is 2. The SMILES string of the molecule is C=C1C[C@]23C[C@H]1CCC2[C@@]12C[C@@H](O[Si](C)(C)C)CC(C)(C(=O)O1)C2C3C(=O)OC. The fourth-order valence-electron chi connectivity index (χ4n) is 8.45. The molecule has 8 atom stereocenters. The van der Waals surface area contributed by atoms with E-state index < -0.39 is 19.3 Å². The van der Waals surface area contributed by atoms with Gasteiger partial charge in [0.2, 0.25) is 0 Å². The lowest BCUT2D eigenvalue weighted by molar-refractivity contribution is -0.161. The normalized spacial score (nSPS) is 50.2. The Morgan fingerprint density at radius 3 is 2.59 bits per heavy atom. The van der Waals surface area contributed by atoms with Crippen molar-refractivity contribution in [2.45, 2.75) is 76.8 Å². The van der Waals surface area contributed by atoms with E-state index in [1.165, 1.54) is 12.7 Å². The molecule has 0 amide bonds. The molecular formula is C23H34O5Si. The fraction of sp³-hybridized carbons (Fsp3) is 0.826. The minimum absolute atomic E-state index is 0.0186. The molecule has 5 nitrogen and oxygen atoms in total. The standard InChI is InChI=1S/C23H34O5Si/c1-13-9-22-10-14(13)7-8-16(22)23-12-15(28-29(4,5)6)11-21(2,20(25)27-23)18(23)17(22)19(24)26-3/h14-18H,1,7-12H2,2-6H3/t14-,15+,16?,17?,18?,21?,22+,23-/m1/s1. The quantitative estimate of drug-likeness (QED) is 0.393.